The molecule has 320 valence electrons. The van der Waals surface area contributed by atoms with E-state index in [1.54, 1.807) is 6.08 Å². The lowest BCUT2D eigenvalue weighted by Gasteiger charge is -2.18. The van der Waals surface area contributed by atoms with Crippen LogP contribution in [0.4, 0.5) is 0 Å². The van der Waals surface area contributed by atoms with E-state index in [0.29, 0.717) is 19.3 Å². The lowest BCUT2D eigenvalue weighted by Crippen LogP contribution is -2.29. The van der Waals surface area contributed by atoms with Gasteiger partial charge in [-0.05, 0) is 57.8 Å². The summed E-state index contributed by atoms with van der Waals surface area (Å²) in [6, 6.07) is 0. The monoisotopic (exact) mass is 797 g/mol. The lowest BCUT2D eigenvalue weighted by atomic mass is 10.0. The molecule has 0 aromatic carbocycles. The van der Waals surface area contributed by atoms with Crippen molar-refractivity contribution >= 4 is 19.8 Å². The van der Waals surface area contributed by atoms with Crippen LogP contribution in [0.3, 0.4) is 0 Å². The van der Waals surface area contributed by atoms with Gasteiger partial charge in [0, 0.05) is 12.8 Å². The molecule has 0 saturated heterocycles. The number of aliphatic hydroxyl groups is 1. The molecule has 3 N–H and O–H groups in total. The van der Waals surface area contributed by atoms with E-state index in [1.165, 1.54) is 96.3 Å². The van der Waals surface area contributed by atoms with Gasteiger partial charge in [-0.3, -0.25) is 14.1 Å². The highest BCUT2D eigenvalue weighted by Crippen LogP contribution is 2.36. The number of unbranched alkanes of at least 4 members (excludes halogenated alkanes) is 21. The maximum absolute atomic E-state index is 12.4. The summed E-state index contributed by atoms with van der Waals surface area (Å²) in [5.41, 5.74) is 0. The Kier molecular flexibility index (Phi) is 38.7. The molecule has 0 fully saturated rings. The molecule has 0 amide bonds. The van der Waals surface area contributed by atoms with Crippen LogP contribution in [-0.2, 0) is 28.2 Å². The number of carbonyl (C=O) groups excluding carboxylic acids is 2. The molecule has 0 heterocycles. The zero-order valence-corrected chi connectivity index (χ0v) is 35.8. The fraction of sp³-hybridized carbons (Fsp3) is 0.778. The molecule has 0 aliphatic rings. The van der Waals surface area contributed by atoms with Crippen molar-refractivity contribution in [1.82, 2.24) is 0 Å². The van der Waals surface area contributed by atoms with Gasteiger partial charge in [0.15, 0.2) is 6.10 Å². The minimum atomic E-state index is -4.78. The second-order valence-corrected chi connectivity index (χ2v) is 16.1. The molecule has 0 aromatic heterocycles. The summed E-state index contributed by atoms with van der Waals surface area (Å²) in [5, 5.41) is 10.1. The molecule has 0 saturated carbocycles. The van der Waals surface area contributed by atoms with E-state index in [1.807, 2.05) is 18.2 Å². The number of phosphoric ester groups is 1. The highest BCUT2D eigenvalue weighted by atomic mass is 31.2. The number of allylic oxidation sites excluding steroid dienone is 7. The Morgan fingerprint density at radius 2 is 1.09 bits per heavy atom. The van der Waals surface area contributed by atoms with Crippen LogP contribution in [0.2, 0.25) is 0 Å². The molecule has 0 spiro atoms. The Labute approximate surface area is 336 Å². The molecule has 55 heavy (non-hydrogen) atoms. The second-order valence-electron chi connectivity index (χ2n) is 14.8. The van der Waals surface area contributed by atoms with Crippen LogP contribution < -0.4 is 0 Å². The number of ether oxygens (including phenoxy) is 2. The minimum Gasteiger partial charge on any atom is -0.462 e. The lowest BCUT2D eigenvalue weighted by molar-refractivity contribution is -0.161. The number of hydrogen-bond donors (Lipinski definition) is 3. The normalized spacial score (nSPS) is 13.5. The summed E-state index contributed by atoms with van der Waals surface area (Å²) >= 11 is 0. The number of phosphoric acid groups is 1. The van der Waals surface area contributed by atoms with Gasteiger partial charge in [0.05, 0.1) is 12.7 Å². The van der Waals surface area contributed by atoms with Crippen LogP contribution in [0.1, 0.15) is 200 Å². The molecule has 0 bridgehead atoms. The summed E-state index contributed by atoms with van der Waals surface area (Å²) < 4.78 is 26.4. The largest absolute Gasteiger partial charge is 0.469 e. The van der Waals surface area contributed by atoms with E-state index < -0.39 is 38.6 Å². The fourth-order valence-corrected chi connectivity index (χ4v) is 6.50. The van der Waals surface area contributed by atoms with Crippen molar-refractivity contribution in [3.05, 3.63) is 48.6 Å². The first-order chi connectivity index (χ1) is 26.7. The van der Waals surface area contributed by atoms with Crippen molar-refractivity contribution in [3.8, 4) is 0 Å². The van der Waals surface area contributed by atoms with E-state index in [-0.39, 0.29) is 19.4 Å². The van der Waals surface area contributed by atoms with Gasteiger partial charge in [0.2, 0.25) is 0 Å². The Morgan fingerprint density at radius 3 is 1.64 bits per heavy atom. The van der Waals surface area contributed by atoms with Crippen LogP contribution in [0, 0.1) is 0 Å². The molecule has 0 rings (SSSR count). The third kappa shape index (κ3) is 42.9. The van der Waals surface area contributed by atoms with Crippen molar-refractivity contribution in [1.29, 1.82) is 0 Å². The van der Waals surface area contributed by atoms with Gasteiger partial charge in [-0.15, -0.1) is 0 Å². The standard InChI is InChI=1S/C45H81O9P/c1-3-5-7-9-11-12-13-14-15-16-17-18-19-20-21-22-23-24-26-30-34-38-44(47)52-40-43(41-53-55(49,50)51)54-45(48)39-35-31-27-29-33-37-42(46)36-32-28-25-10-8-6-4-2/h6,8,14-15,25,28,32,36,42-43,46H,3-5,7,9-13,16-24,26-27,29-31,33-35,37-41H2,1-2H3,(H2,49,50,51)/b8-6+,15-14-,28-25+,36-32+/t42?,43-/m1/s1. The van der Waals surface area contributed by atoms with E-state index in [2.05, 4.69) is 42.7 Å². The van der Waals surface area contributed by atoms with Crippen molar-refractivity contribution in [2.24, 2.45) is 0 Å². The van der Waals surface area contributed by atoms with Crippen molar-refractivity contribution in [3.63, 3.8) is 0 Å². The smallest absolute Gasteiger partial charge is 0.462 e. The number of aliphatic hydroxyl groups excluding tert-OH is 1. The Bertz CT molecular complexity index is 1050. The van der Waals surface area contributed by atoms with Gasteiger partial charge in [-0.2, -0.15) is 0 Å². The molecule has 2 atom stereocenters. The minimum absolute atomic E-state index is 0.142. The topological polar surface area (TPSA) is 140 Å². The van der Waals surface area contributed by atoms with E-state index in [0.717, 1.165) is 57.8 Å². The number of hydrogen-bond acceptors (Lipinski definition) is 7. The summed E-state index contributed by atoms with van der Waals surface area (Å²) in [5.74, 6) is -0.960. The summed E-state index contributed by atoms with van der Waals surface area (Å²) in [6.45, 7) is 3.48. The highest BCUT2D eigenvalue weighted by molar-refractivity contribution is 7.46. The van der Waals surface area contributed by atoms with Crippen molar-refractivity contribution in [2.45, 2.75) is 212 Å². The first-order valence-corrected chi connectivity index (χ1v) is 23.6. The SMILES string of the molecule is CC/C=C/C/C=C/C=C/C(O)CCCCCCCC(=O)O[C@H](COC(=O)CCCCCCCCCCCCC/C=C\CCCCCCCC)COP(=O)(O)O. The molecule has 10 heteroatoms. The van der Waals surface area contributed by atoms with Gasteiger partial charge in [-0.25, -0.2) is 4.57 Å². The third-order valence-corrected chi connectivity index (χ3v) is 9.92. The van der Waals surface area contributed by atoms with Crippen LogP contribution in [0.15, 0.2) is 48.6 Å². The number of rotatable bonds is 40. The van der Waals surface area contributed by atoms with Gasteiger partial charge in [-0.1, -0.05) is 178 Å². The average molecular weight is 797 g/mol. The zero-order valence-electron chi connectivity index (χ0n) is 34.9. The summed E-state index contributed by atoms with van der Waals surface area (Å²) in [4.78, 5) is 42.9. The van der Waals surface area contributed by atoms with Crippen LogP contribution in [0.25, 0.3) is 0 Å². The molecular formula is C45H81O9P. The van der Waals surface area contributed by atoms with E-state index in [9.17, 15) is 19.3 Å². The van der Waals surface area contributed by atoms with Gasteiger partial charge < -0.3 is 24.4 Å². The van der Waals surface area contributed by atoms with Crippen LogP contribution in [0.5, 0.6) is 0 Å². The Morgan fingerprint density at radius 1 is 0.582 bits per heavy atom. The highest BCUT2D eigenvalue weighted by Gasteiger charge is 2.23. The number of carbonyl (C=O) groups is 2. The predicted octanol–water partition coefficient (Wildman–Crippen LogP) is 12.5. The Balaban J connectivity index is 3.93. The Hall–Kier alpha value is -2.03. The maximum Gasteiger partial charge on any atom is 0.469 e. The molecule has 0 aliphatic heterocycles. The van der Waals surface area contributed by atoms with Crippen molar-refractivity contribution in [2.75, 3.05) is 13.2 Å². The predicted molar refractivity (Wildman–Crippen MR) is 227 cm³/mol. The molecule has 0 aliphatic carbocycles. The zero-order chi connectivity index (χ0) is 40.5. The molecule has 0 aromatic rings. The summed E-state index contributed by atoms with van der Waals surface area (Å²) in [6.07, 6.45) is 45.7. The quantitative estimate of drug-likeness (QED) is 0.0182. The molecular weight excluding hydrogens is 715 g/mol. The summed E-state index contributed by atoms with van der Waals surface area (Å²) in [7, 11) is -4.78. The maximum atomic E-state index is 12.4. The third-order valence-electron chi connectivity index (χ3n) is 9.44. The van der Waals surface area contributed by atoms with Gasteiger partial charge in [0.1, 0.15) is 6.61 Å². The average Bonchev–Trinajstić information content (AvgIpc) is 3.15. The van der Waals surface area contributed by atoms with Gasteiger partial charge in [0.25, 0.3) is 0 Å². The number of esters is 2. The van der Waals surface area contributed by atoms with E-state index in [4.69, 9.17) is 19.3 Å². The van der Waals surface area contributed by atoms with Crippen LogP contribution in [-0.4, -0.2) is 52.3 Å². The molecule has 0 radical (unpaired) electrons. The fourth-order valence-electron chi connectivity index (χ4n) is 6.14. The first kappa shape index (κ1) is 53.0. The second kappa shape index (κ2) is 40.2. The van der Waals surface area contributed by atoms with Gasteiger partial charge >= 0.3 is 19.8 Å². The molecule has 9 nitrogen and oxygen atoms in total. The van der Waals surface area contributed by atoms with Crippen LogP contribution >= 0.6 is 7.82 Å². The van der Waals surface area contributed by atoms with Crippen molar-refractivity contribution < 1.29 is 43.0 Å². The first-order valence-electron chi connectivity index (χ1n) is 22.0. The van der Waals surface area contributed by atoms with E-state index >= 15 is 0 Å². The molecule has 1 unspecified atom stereocenters.